The maximum Gasteiger partial charge on any atom is 0.272 e. The van der Waals surface area contributed by atoms with Gasteiger partial charge >= 0.3 is 0 Å². The van der Waals surface area contributed by atoms with Gasteiger partial charge in [-0.25, -0.2) is 4.98 Å². The summed E-state index contributed by atoms with van der Waals surface area (Å²) in [7, 11) is 1.86. The largest absolute Gasteiger partial charge is 0.337 e. The average molecular weight is 270 g/mol. The molecule has 2 atom stereocenters. The number of hydrogen-bond acceptors (Lipinski definition) is 4. The molecule has 0 aliphatic carbocycles. The SMILES string of the molecule is CN(C(=O)c1ccc(C#N)cn1)C1CC2CCC(C1)N2. The number of nitriles is 1. The van der Waals surface area contributed by atoms with Gasteiger partial charge in [0.15, 0.2) is 0 Å². The van der Waals surface area contributed by atoms with Crippen LogP contribution in [0.15, 0.2) is 18.3 Å². The summed E-state index contributed by atoms with van der Waals surface area (Å²) in [6.07, 6.45) is 5.94. The molecule has 1 aromatic rings. The molecule has 104 valence electrons. The first-order valence-electron chi connectivity index (χ1n) is 7.06. The van der Waals surface area contributed by atoms with Crippen molar-refractivity contribution in [3.8, 4) is 6.07 Å². The number of aromatic nitrogens is 1. The Labute approximate surface area is 118 Å². The Morgan fingerprint density at radius 1 is 1.40 bits per heavy atom. The lowest BCUT2D eigenvalue weighted by atomic mass is 9.98. The summed E-state index contributed by atoms with van der Waals surface area (Å²) in [5.74, 6) is -0.0548. The van der Waals surface area contributed by atoms with E-state index in [1.807, 2.05) is 18.0 Å². The normalized spacial score (nSPS) is 27.9. The second-order valence-electron chi connectivity index (χ2n) is 5.72. The Morgan fingerprint density at radius 3 is 2.65 bits per heavy atom. The molecule has 3 heterocycles. The molecular weight excluding hydrogens is 252 g/mol. The lowest BCUT2D eigenvalue weighted by Gasteiger charge is -2.35. The summed E-state index contributed by atoms with van der Waals surface area (Å²) >= 11 is 0. The van der Waals surface area contributed by atoms with Crippen LogP contribution >= 0.6 is 0 Å². The van der Waals surface area contributed by atoms with Gasteiger partial charge in [0.1, 0.15) is 11.8 Å². The molecule has 3 rings (SSSR count). The minimum Gasteiger partial charge on any atom is -0.337 e. The van der Waals surface area contributed by atoms with Crippen LogP contribution in [0.1, 0.15) is 41.7 Å². The second-order valence-corrected chi connectivity index (χ2v) is 5.72. The van der Waals surface area contributed by atoms with Crippen LogP contribution in [0.4, 0.5) is 0 Å². The predicted molar refractivity (Wildman–Crippen MR) is 74.0 cm³/mol. The van der Waals surface area contributed by atoms with E-state index in [0.29, 0.717) is 29.4 Å². The maximum atomic E-state index is 12.4. The van der Waals surface area contributed by atoms with Gasteiger partial charge in [-0.05, 0) is 37.8 Å². The number of hydrogen-bond donors (Lipinski definition) is 1. The van der Waals surface area contributed by atoms with E-state index < -0.39 is 0 Å². The Bertz CT molecular complexity index is 536. The number of nitrogens with zero attached hydrogens (tertiary/aromatic N) is 3. The van der Waals surface area contributed by atoms with Gasteiger partial charge in [-0.2, -0.15) is 5.26 Å². The number of fused-ring (bicyclic) bond motifs is 2. The molecule has 20 heavy (non-hydrogen) atoms. The van der Waals surface area contributed by atoms with Crippen molar-refractivity contribution in [2.45, 2.75) is 43.8 Å². The summed E-state index contributed by atoms with van der Waals surface area (Å²) in [5, 5.41) is 12.3. The fourth-order valence-corrected chi connectivity index (χ4v) is 3.28. The third kappa shape index (κ3) is 2.39. The van der Waals surface area contributed by atoms with E-state index in [2.05, 4.69) is 10.3 Å². The van der Waals surface area contributed by atoms with Crippen LogP contribution < -0.4 is 5.32 Å². The fourth-order valence-electron chi connectivity index (χ4n) is 3.28. The van der Waals surface area contributed by atoms with Crippen LogP contribution in [-0.2, 0) is 0 Å². The van der Waals surface area contributed by atoms with Gasteiger partial charge in [0.05, 0.1) is 5.56 Å². The Hall–Kier alpha value is -1.93. The van der Waals surface area contributed by atoms with Gasteiger partial charge in [-0.1, -0.05) is 0 Å². The van der Waals surface area contributed by atoms with E-state index >= 15 is 0 Å². The second kappa shape index (κ2) is 5.22. The molecule has 2 saturated heterocycles. The van der Waals surface area contributed by atoms with Gasteiger partial charge in [0.2, 0.25) is 0 Å². The Morgan fingerprint density at radius 2 is 2.10 bits per heavy atom. The van der Waals surface area contributed by atoms with Crippen molar-refractivity contribution in [2.75, 3.05) is 7.05 Å². The van der Waals surface area contributed by atoms with E-state index in [1.165, 1.54) is 19.0 Å². The Balaban J connectivity index is 1.71. The van der Waals surface area contributed by atoms with Crippen molar-refractivity contribution in [3.05, 3.63) is 29.6 Å². The highest BCUT2D eigenvalue weighted by molar-refractivity contribution is 5.92. The molecule has 2 aliphatic rings. The van der Waals surface area contributed by atoms with Crippen molar-refractivity contribution < 1.29 is 4.79 Å². The number of nitrogens with one attached hydrogen (secondary N) is 1. The molecule has 5 nitrogen and oxygen atoms in total. The van der Waals surface area contributed by atoms with Crippen LogP contribution in [-0.4, -0.2) is 41.0 Å². The minimum absolute atomic E-state index is 0.0548. The van der Waals surface area contributed by atoms with Crippen LogP contribution in [0.25, 0.3) is 0 Å². The van der Waals surface area contributed by atoms with Crippen molar-refractivity contribution in [1.82, 2.24) is 15.2 Å². The fraction of sp³-hybridized carbons (Fsp3) is 0.533. The lowest BCUT2D eigenvalue weighted by Crippen LogP contribution is -2.48. The van der Waals surface area contributed by atoms with Crippen LogP contribution in [0, 0.1) is 11.3 Å². The third-order valence-corrected chi connectivity index (χ3v) is 4.43. The lowest BCUT2D eigenvalue weighted by molar-refractivity contribution is 0.0676. The van der Waals surface area contributed by atoms with Crippen molar-refractivity contribution in [1.29, 1.82) is 5.26 Å². The summed E-state index contributed by atoms with van der Waals surface area (Å²) in [5.41, 5.74) is 0.890. The van der Waals surface area contributed by atoms with E-state index in [-0.39, 0.29) is 5.91 Å². The monoisotopic (exact) mass is 270 g/mol. The van der Waals surface area contributed by atoms with Gasteiger partial charge in [-0.3, -0.25) is 4.79 Å². The van der Waals surface area contributed by atoms with E-state index in [0.717, 1.165) is 12.8 Å². The number of rotatable bonds is 2. The molecule has 0 aromatic carbocycles. The standard InChI is InChI=1S/C15H18N4O/c1-19(13-6-11-3-4-12(7-13)18-11)15(20)14-5-2-10(8-16)9-17-14/h2,5,9,11-13,18H,3-4,6-7H2,1H3. The molecule has 0 radical (unpaired) electrons. The number of pyridine rings is 1. The molecule has 1 amide bonds. The van der Waals surface area contributed by atoms with Gasteiger partial charge in [0, 0.05) is 31.4 Å². The first kappa shape index (κ1) is 13.1. The zero-order valence-corrected chi connectivity index (χ0v) is 11.5. The van der Waals surface area contributed by atoms with Crippen LogP contribution in [0.5, 0.6) is 0 Å². The highest BCUT2D eigenvalue weighted by Gasteiger charge is 2.36. The topological polar surface area (TPSA) is 69.0 Å². The van der Waals surface area contributed by atoms with Crippen molar-refractivity contribution >= 4 is 5.91 Å². The minimum atomic E-state index is -0.0548. The predicted octanol–water partition coefficient (Wildman–Crippen LogP) is 1.31. The molecular formula is C15H18N4O. The van der Waals surface area contributed by atoms with Gasteiger partial charge < -0.3 is 10.2 Å². The number of carbonyl (C=O) groups excluding carboxylic acids is 1. The molecule has 1 aromatic heterocycles. The quantitative estimate of drug-likeness (QED) is 0.879. The maximum absolute atomic E-state index is 12.4. The zero-order valence-electron chi connectivity index (χ0n) is 11.5. The smallest absolute Gasteiger partial charge is 0.272 e. The molecule has 2 bridgehead atoms. The van der Waals surface area contributed by atoms with Crippen molar-refractivity contribution in [2.24, 2.45) is 0 Å². The number of carbonyl (C=O) groups is 1. The zero-order chi connectivity index (χ0) is 14.1. The molecule has 5 heteroatoms. The first-order valence-corrected chi connectivity index (χ1v) is 7.06. The van der Waals surface area contributed by atoms with Crippen LogP contribution in [0.2, 0.25) is 0 Å². The van der Waals surface area contributed by atoms with E-state index in [1.54, 1.807) is 12.1 Å². The molecule has 0 saturated carbocycles. The summed E-state index contributed by atoms with van der Waals surface area (Å²) in [6.45, 7) is 0. The number of amides is 1. The Kier molecular flexibility index (Phi) is 3.41. The van der Waals surface area contributed by atoms with Crippen molar-refractivity contribution in [3.63, 3.8) is 0 Å². The van der Waals surface area contributed by atoms with Gasteiger partial charge in [0.25, 0.3) is 5.91 Å². The third-order valence-electron chi connectivity index (χ3n) is 4.43. The summed E-state index contributed by atoms with van der Waals surface area (Å²) in [4.78, 5) is 18.3. The molecule has 1 N–H and O–H groups in total. The van der Waals surface area contributed by atoms with E-state index in [4.69, 9.17) is 5.26 Å². The first-order chi connectivity index (χ1) is 9.67. The van der Waals surface area contributed by atoms with Crippen LogP contribution in [0.3, 0.4) is 0 Å². The number of piperidine rings is 1. The highest BCUT2D eigenvalue weighted by Crippen LogP contribution is 2.29. The molecule has 2 fully saturated rings. The molecule has 2 aliphatic heterocycles. The summed E-state index contributed by atoms with van der Waals surface area (Å²) < 4.78 is 0. The van der Waals surface area contributed by atoms with Gasteiger partial charge in [-0.15, -0.1) is 0 Å². The average Bonchev–Trinajstić information content (AvgIpc) is 2.84. The molecule has 0 spiro atoms. The van der Waals surface area contributed by atoms with E-state index in [9.17, 15) is 4.79 Å². The highest BCUT2D eigenvalue weighted by atomic mass is 16.2. The molecule has 2 unspecified atom stereocenters. The summed E-state index contributed by atoms with van der Waals surface area (Å²) in [6, 6.07) is 6.69.